The zero-order valence-electron chi connectivity index (χ0n) is 9.66. The van der Waals surface area contributed by atoms with Crippen LogP contribution in [0.1, 0.15) is 24.0 Å². The van der Waals surface area contributed by atoms with E-state index in [0.717, 1.165) is 18.8 Å². The maximum atomic E-state index is 4.45. The summed E-state index contributed by atoms with van der Waals surface area (Å²) in [5.41, 5.74) is 1.13. The van der Waals surface area contributed by atoms with Crippen molar-refractivity contribution in [2.24, 2.45) is 0 Å². The molecule has 0 aromatic carbocycles. The first-order valence-corrected chi connectivity index (χ1v) is 6.37. The molecular formula is C11H19N3S. The fourth-order valence-electron chi connectivity index (χ4n) is 2.06. The number of hydrogen-bond donors (Lipinski definition) is 1. The van der Waals surface area contributed by atoms with Gasteiger partial charge in [0.1, 0.15) is 5.01 Å². The van der Waals surface area contributed by atoms with Crippen LogP contribution in [-0.2, 0) is 6.54 Å². The fraction of sp³-hybridized carbons (Fsp3) is 0.727. The zero-order valence-corrected chi connectivity index (χ0v) is 10.5. The van der Waals surface area contributed by atoms with Crippen LogP contribution in [0.3, 0.4) is 0 Å². The zero-order chi connectivity index (χ0) is 10.8. The SMILES string of the molecule is Cc1csc(CNC2CC(C)N(C)C2)n1. The van der Waals surface area contributed by atoms with Crippen molar-refractivity contribution in [1.82, 2.24) is 15.2 Å². The number of nitrogens with zero attached hydrogens (tertiary/aromatic N) is 2. The lowest BCUT2D eigenvalue weighted by Crippen LogP contribution is -2.31. The van der Waals surface area contributed by atoms with E-state index in [1.165, 1.54) is 11.4 Å². The molecule has 84 valence electrons. The number of likely N-dealkylation sites (tertiary alicyclic amines) is 1. The standard InChI is InChI=1S/C11H19N3S/c1-8-7-15-11(13-8)5-12-10-4-9(2)14(3)6-10/h7,9-10,12H,4-6H2,1-3H3. The molecule has 1 saturated heterocycles. The molecule has 0 aliphatic carbocycles. The van der Waals surface area contributed by atoms with E-state index in [1.54, 1.807) is 11.3 Å². The second-order valence-electron chi connectivity index (χ2n) is 4.48. The topological polar surface area (TPSA) is 28.2 Å². The molecule has 0 bridgehead atoms. The molecule has 2 heterocycles. The molecule has 0 saturated carbocycles. The molecule has 1 N–H and O–H groups in total. The van der Waals surface area contributed by atoms with Crippen LogP contribution in [0.2, 0.25) is 0 Å². The third kappa shape index (κ3) is 2.77. The minimum atomic E-state index is 0.634. The summed E-state index contributed by atoms with van der Waals surface area (Å²) in [5, 5.41) is 6.89. The second-order valence-corrected chi connectivity index (χ2v) is 5.43. The van der Waals surface area contributed by atoms with E-state index in [-0.39, 0.29) is 0 Å². The summed E-state index contributed by atoms with van der Waals surface area (Å²) in [6.45, 7) is 6.41. The summed E-state index contributed by atoms with van der Waals surface area (Å²) in [6, 6.07) is 1.34. The van der Waals surface area contributed by atoms with Gasteiger partial charge in [-0.1, -0.05) is 0 Å². The van der Waals surface area contributed by atoms with Gasteiger partial charge >= 0.3 is 0 Å². The van der Waals surface area contributed by atoms with Gasteiger partial charge in [-0.05, 0) is 27.3 Å². The van der Waals surface area contributed by atoms with Crippen LogP contribution in [0, 0.1) is 6.92 Å². The monoisotopic (exact) mass is 225 g/mol. The maximum absolute atomic E-state index is 4.45. The predicted octanol–water partition coefficient (Wildman–Crippen LogP) is 1.63. The highest BCUT2D eigenvalue weighted by Crippen LogP contribution is 2.16. The van der Waals surface area contributed by atoms with Crippen LogP contribution < -0.4 is 5.32 Å². The Morgan fingerprint density at radius 3 is 3.00 bits per heavy atom. The van der Waals surface area contributed by atoms with Crippen molar-refractivity contribution in [1.29, 1.82) is 0 Å². The number of hydrogen-bond acceptors (Lipinski definition) is 4. The number of thiazole rings is 1. The second kappa shape index (κ2) is 4.60. The van der Waals surface area contributed by atoms with Crippen molar-refractivity contribution in [3.8, 4) is 0 Å². The smallest absolute Gasteiger partial charge is 0.107 e. The van der Waals surface area contributed by atoms with Gasteiger partial charge in [0.15, 0.2) is 0 Å². The van der Waals surface area contributed by atoms with Gasteiger partial charge in [0.05, 0.1) is 0 Å². The van der Waals surface area contributed by atoms with Gasteiger partial charge in [-0.2, -0.15) is 0 Å². The van der Waals surface area contributed by atoms with Crippen LogP contribution >= 0.6 is 11.3 Å². The van der Waals surface area contributed by atoms with E-state index in [9.17, 15) is 0 Å². The Morgan fingerprint density at radius 2 is 2.47 bits per heavy atom. The van der Waals surface area contributed by atoms with Crippen molar-refractivity contribution in [2.75, 3.05) is 13.6 Å². The lowest BCUT2D eigenvalue weighted by Gasteiger charge is -2.12. The minimum Gasteiger partial charge on any atom is -0.306 e. The minimum absolute atomic E-state index is 0.634. The summed E-state index contributed by atoms with van der Waals surface area (Å²) in [4.78, 5) is 6.86. The van der Waals surface area contributed by atoms with Crippen molar-refractivity contribution in [3.63, 3.8) is 0 Å². The van der Waals surface area contributed by atoms with Gasteiger partial charge in [0.25, 0.3) is 0 Å². The Bertz CT molecular complexity index is 313. The molecule has 4 heteroatoms. The molecular weight excluding hydrogens is 206 g/mol. The van der Waals surface area contributed by atoms with Gasteiger partial charge in [-0.15, -0.1) is 11.3 Å². The molecule has 1 aromatic rings. The molecule has 2 atom stereocenters. The van der Waals surface area contributed by atoms with Gasteiger partial charge in [-0.3, -0.25) is 0 Å². The molecule has 1 aromatic heterocycles. The highest BCUT2D eigenvalue weighted by atomic mass is 32.1. The molecule has 1 aliphatic rings. The predicted molar refractivity (Wildman–Crippen MR) is 64.2 cm³/mol. The van der Waals surface area contributed by atoms with Gasteiger partial charge in [0, 0.05) is 36.2 Å². The highest BCUT2D eigenvalue weighted by molar-refractivity contribution is 7.09. The first-order valence-electron chi connectivity index (χ1n) is 5.50. The molecule has 0 amide bonds. The molecule has 15 heavy (non-hydrogen) atoms. The van der Waals surface area contributed by atoms with Crippen LogP contribution in [-0.4, -0.2) is 35.6 Å². The quantitative estimate of drug-likeness (QED) is 0.847. The lowest BCUT2D eigenvalue weighted by atomic mass is 10.2. The summed E-state index contributed by atoms with van der Waals surface area (Å²) in [6.07, 6.45) is 1.25. The molecule has 0 radical (unpaired) electrons. The Kier molecular flexibility index (Phi) is 3.38. The van der Waals surface area contributed by atoms with Crippen LogP contribution in [0.5, 0.6) is 0 Å². The van der Waals surface area contributed by atoms with Crippen molar-refractivity contribution < 1.29 is 0 Å². The Hall–Kier alpha value is -0.450. The number of likely N-dealkylation sites (N-methyl/N-ethyl adjacent to an activating group) is 1. The summed E-state index contributed by atoms with van der Waals surface area (Å²) in [7, 11) is 2.19. The normalized spacial score (nSPS) is 27.4. The van der Waals surface area contributed by atoms with E-state index in [0.29, 0.717) is 12.1 Å². The molecule has 2 rings (SSSR count). The van der Waals surface area contributed by atoms with Gasteiger partial charge in [-0.25, -0.2) is 4.98 Å². The van der Waals surface area contributed by atoms with Gasteiger partial charge in [0.2, 0.25) is 0 Å². The average Bonchev–Trinajstić information content (AvgIpc) is 2.72. The van der Waals surface area contributed by atoms with Crippen molar-refractivity contribution in [2.45, 2.75) is 38.9 Å². The first-order chi connectivity index (χ1) is 7.15. The molecule has 3 nitrogen and oxygen atoms in total. The number of nitrogens with one attached hydrogen (secondary N) is 1. The summed E-state index contributed by atoms with van der Waals surface area (Å²) >= 11 is 1.75. The Morgan fingerprint density at radius 1 is 1.67 bits per heavy atom. The molecule has 2 unspecified atom stereocenters. The largest absolute Gasteiger partial charge is 0.306 e. The van der Waals surface area contributed by atoms with Crippen LogP contribution in [0.25, 0.3) is 0 Å². The molecule has 1 aliphatic heterocycles. The van der Waals surface area contributed by atoms with Crippen LogP contribution in [0.15, 0.2) is 5.38 Å². The lowest BCUT2D eigenvalue weighted by molar-refractivity contribution is 0.326. The molecule has 0 spiro atoms. The fourth-order valence-corrected chi connectivity index (χ4v) is 2.78. The third-order valence-corrected chi connectivity index (χ3v) is 4.06. The van der Waals surface area contributed by atoms with Gasteiger partial charge < -0.3 is 10.2 Å². The summed E-state index contributed by atoms with van der Waals surface area (Å²) < 4.78 is 0. The maximum Gasteiger partial charge on any atom is 0.107 e. The Labute approximate surface area is 95.5 Å². The van der Waals surface area contributed by atoms with E-state index in [2.05, 4.69) is 34.6 Å². The number of rotatable bonds is 3. The van der Waals surface area contributed by atoms with E-state index in [1.807, 2.05) is 6.92 Å². The van der Waals surface area contributed by atoms with E-state index in [4.69, 9.17) is 0 Å². The highest BCUT2D eigenvalue weighted by Gasteiger charge is 2.25. The first kappa shape index (κ1) is 11.0. The Balaban J connectivity index is 1.79. The summed E-state index contributed by atoms with van der Waals surface area (Å²) in [5.74, 6) is 0. The van der Waals surface area contributed by atoms with E-state index < -0.39 is 0 Å². The van der Waals surface area contributed by atoms with Crippen molar-refractivity contribution in [3.05, 3.63) is 16.1 Å². The number of aromatic nitrogens is 1. The van der Waals surface area contributed by atoms with Crippen molar-refractivity contribution >= 4 is 11.3 Å². The molecule has 1 fully saturated rings. The number of aryl methyl sites for hydroxylation is 1. The van der Waals surface area contributed by atoms with E-state index >= 15 is 0 Å². The third-order valence-electron chi connectivity index (χ3n) is 3.09. The van der Waals surface area contributed by atoms with Crippen LogP contribution in [0.4, 0.5) is 0 Å². The average molecular weight is 225 g/mol.